The summed E-state index contributed by atoms with van der Waals surface area (Å²) in [6.45, 7) is 1.50. The monoisotopic (exact) mass is 329 g/mol. The number of amides is 1. The number of aromatic amines is 1. The normalized spacial score (nSPS) is 13.5. The molecule has 0 radical (unpaired) electrons. The lowest BCUT2D eigenvalue weighted by Gasteiger charge is -2.24. The van der Waals surface area contributed by atoms with E-state index in [1.54, 1.807) is 25.1 Å². The number of furan rings is 1. The Morgan fingerprint density at radius 3 is 2.79 bits per heavy atom. The number of hydrogen-bond acceptors (Lipinski definition) is 4. The molecule has 2 heterocycles. The number of aromatic nitrogens is 2. The molecule has 0 saturated carbocycles. The number of halogens is 1. The number of benzene rings is 1. The van der Waals surface area contributed by atoms with Crippen molar-refractivity contribution in [2.75, 3.05) is 6.54 Å². The van der Waals surface area contributed by atoms with E-state index in [1.807, 2.05) is 0 Å². The summed E-state index contributed by atoms with van der Waals surface area (Å²) < 4.78 is 18.2. The maximum atomic E-state index is 13.0. The molecule has 0 aliphatic carbocycles. The van der Waals surface area contributed by atoms with E-state index in [1.165, 1.54) is 30.5 Å². The third-order valence-corrected chi connectivity index (χ3v) is 3.66. The van der Waals surface area contributed by atoms with Gasteiger partial charge in [-0.05, 0) is 36.8 Å². The molecule has 6 nitrogen and oxygen atoms in total. The van der Waals surface area contributed by atoms with Crippen molar-refractivity contribution in [3.05, 3.63) is 65.8 Å². The Morgan fingerprint density at radius 2 is 2.12 bits per heavy atom. The zero-order valence-corrected chi connectivity index (χ0v) is 12.9. The fourth-order valence-electron chi connectivity index (χ4n) is 2.25. The molecule has 1 aromatic carbocycles. The maximum absolute atomic E-state index is 13.0. The Kier molecular flexibility index (Phi) is 4.18. The molecule has 0 fully saturated rings. The van der Waals surface area contributed by atoms with Crippen LogP contribution in [0.25, 0.3) is 11.5 Å². The third kappa shape index (κ3) is 3.36. The minimum atomic E-state index is -1.33. The highest BCUT2D eigenvalue weighted by Gasteiger charge is 2.24. The van der Waals surface area contributed by atoms with Crippen LogP contribution in [0.1, 0.15) is 23.0 Å². The first-order valence-corrected chi connectivity index (χ1v) is 7.31. The first-order chi connectivity index (χ1) is 11.5. The van der Waals surface area contributed by atoms with Gasteiger partial charge in [0.1, 0.15) is 17.1 Å². The largest absolute Gasteiger partial charge is 0.463 e. The van der Waals surface area contributed by atoms with Gasteiger partial charge >= 0.3 is 0 Å². The SMILES string of the molecule is CC(O)(CNC(=O)c1cc(-c2ccco2)[nH]n1)c1ccc(F)cc1. The highest BCUT2D eigenvalue weighted by atomic mass is 19.1. The molecule has 0 spiro atoms. The quantitative estimate of drug-likeness (QED) is 0.670. The number of aliphatic hydroxyl groups is 1. The van der Waals surface area contributed by atoms with Gasteiger partial charge in [-0.1, -0.05) is 12.1 Å². The Balaban J connectivity index is 1.66. The molecule has 0 aliphatic rings. The fraction of sp³-hybridized carbons (Fsp3) is 0.176. The highest BCUT2D eigenvalue weighted by Crippen LogP contribution is 2.21. The fourth-order valence-corrected chi connectivity index (χ4v) is 2.25. The van der Waals surface area contributed by atoms with Gasteiger partial charge in [0.25, 0.3) is 5.91 Å². The Morgan fingerprint density at radius 1 is 1.38 bits per heavy atom. The number of hydrogen-bond donors (Lipinski definition) is 3. The number of carbonyl (C=O) groups is 1. The number of rotatable bonds is 5. The Labute approximate surface area is 137 Å². The van der Waals surface area contributed by atoms with E-state index in [2.05, 4.69) is 15.5 Å². The van der Waals surface area contributed by atoms with Crippen LogP contribution in [-0.2, 0) is 5.60 Å². The summed E-state index contributed by atoms with van der Waals surface area (Å²) in [5, 5.41) is 19.7. The van der Waals surface area contributed by atoms with E-state index < -0.39 is 11.5 Å². The molecule has 7 heteroatoms. The van der Waals surface area contributed by atoms with Crippen LogP contribution in [0.3, 0.4) is 0 Å². The van der Waals surface area contributed by atoms with Crippen LogP contribution in [0, 0.1) is 5.82 Å². The van der Waals surface area contributed by atoms with Crippen LogP contribution < -0.4 is 5.32 Å². The highest BCUT2D eigenvalue weighted by molar-refractivity contribution is 5.93. The second kappa shape index (κ2) is 6.29. The molecule has 1 amide bonds. The van der Waals surface area contributed by atoms with Gasteiger partial charge in [0, 0.05) is 6.07 Å². The molecular formula is C17H16FN3O3. The van der Waals surface area contributed by atoms with E-state index in [0.717, 1.165) is 0 Å². The molecule has 1 atom stereocenters. The zero-order chi connectivity index (χ0) is 17.2. The lowest BCUT2D eigenvalue weighted by atomic mass is 9.96. The summed E-state index contributed by atoms with van der Waals surface area (Å²) in [6.07, 6.45) is 1.52. The van der Waals surface area contributed by atoms with E-state index in [4.69, 9.17) is 4.42 Å². The standard InChI is InChI=1S/C17H16FN3O3/c1-17(23,11-4-6-12(18)7-5-11)10-19-16(22)14-9-13(20-21-14)15-3-2-8-24-15/h2-9,23H,10H2,1H3,(H,19,22)(H,20,21). The van der Waals surface area contributed by atoms with Gasteiger partial charge in [-0.25, -0.2) is 4.39 Å². The second-order valence-corrected chi connectivity index (χ2v) is 5.61. The molecular weight excluding hydrogens is 313 g/mol. The van der Waals surface area contributed by atoms with Crippen molar-refractivity contribution < 1.29 is 18.7 Å². The number of nitrogens with one attached hydrogen (secondary N) is 2. The smallest absolute Gasteiger partial charge is 0.271 e. The van der Waals surface area contributed by atoms with Crippen molar-refractivity contribution in [2.45, 2.75) is 12.5 Å². The molecule has 3 aromatic rings. The van der Waals surface area contributed by atoms with Gasteiger partial charge in [-0.3, -0.25) is 9.89 Å². The van der Waals surface area contributed by atoms with Crippen molar-refractivity contribution >= 4 is 5.91 Å². The minimum Gasteiger partial charge on any atom is -0.463 e. The summed E-state index contributed by atoms with van der Waals surface area (Å²) in [5.41, 5.74) is -0.0713. The average Bonchev–Trinajstić information content (AvgIpc) is 3.24. The maximum Gasteiger partial charge on any atom is 0.271 e. The molecule has 24 heavy (non-hydrogen) atoms. The molecule has 3 rings (SSSR count). The number of carbonyl (C=O) groups excluding carboxylic acids is 1. The average molecular weight is 329 g/mol. The Bertz CT molecular complexity index is 823. The van der Waals surface area contributed by atoms with Crippen LogP contribution in [-0.4, -0.2) is 27.8 Å². The van der Waals surface area contributed by atoms with Crippen molar-refractivity contribution in [3.8, 4) is 11.5 Å². The van der Waals surface area contributed by atoms with E-state index in [9.17, 15) is 14.3 Å². The molecule has 124 valence electrons. The molecule has 1 unspecified atom stereocenters. The molecule has 0 aliphatic heterocycles. The van der Waals surface area contributed by atoms with Gasteiger partial charge in [0.15, 0.2) is 11.5 Å². The van der Waals surface area contributed by atoms with Gasteiger partial charge in [-0.2, -0.15) is 5.10 Å². The van der Waals surface area contributed by atoms with Gasteiger partial charge < -0.3 is 14.8 Å². The van der Waals surface area contributed by atoms with E-state index >= 15 is 0 Å². The van der Waals surface area contributed by atoms with Gasteiger partial charge in [0.05, 0.1) is 12.8 Å². The third-order valence-electron chi connectivity index (χ3n) is 3.66. The van der Waals surface area contributed by atoms with Crippen molar-refractivity contribution in [3.63, 3.8) is 0 Å². The Hall–Kier alpha value is -2.93. The second-order valence-electron chi connectivity index (χ2n) is 5.61. The summed E-state index contributed by atoms with van der Waals surface area (Å²) in [7, 11) is 0. The summed E-state index contributed by atoms with van der Waals surface area (Å²) in [5.74, 6) is -0.258. The van der Waals surface area contributed by atoms with Crippen LogP contribution in [0.15, 0.2) is 53.1 Å². The lowest BCUT2D eigenvalue weighted by molar-refractivity contribution is 0.0524. The van der Waals surface area contributed by atoms with E-state index in [0.29, 0.717) is 17.0 Å². The lowest BCUT2D eigenvalue weighted by Crippen LogP contribution is -2.38. The van der Waals surface area contributed by atoms with Crippen LogP contribution in [0.4, 0.5) is 4.39 Å². The topological polar surface area (TPSA) is 91.1 Å². The van der Waals surface area contributed by atoms with Gasteiger partial charge in [-0.15, -0.1) is 0 Å². The van der Waals surface area contributed by atoms with Crippen LogP contribution >= 0.6 is 0 Å². The first-order valence-electron chi connectivity index (χ1n) is 7.31. The predicted molar refractivity (Wildman–Crippen MR) is 84.6 cm³/mol. The number of nitrogens with zero attached hydrogens (tertiary/aromatic N) is 1. The minimum absolute atomic E-state index is 0.0413. The first kappa shape index (κ1) is 15.9. The summed E-state index contributed by atoms with van der Waals surface area (Å²) >= 11 is 0. The van der Waals surface area contributed by atoms with Crippen molar-refractivity contribution in [1.29, 1.82) is 0 Å². The molecule has 3 N–H and O–H groups in total. The molecule has 0 saturated heterocycles. The van der Waals surface area contributed by atoms with Crippen LogP contribution in [0.5, 0.6) is 0 Å². The van der Waals surface area contributed by atoms with Crippen molar-refractivity contribution in [2.24, 2.45) is 0 Å². The van der Waals surface area contributed by atoms with Crippen molar-refractivity contribution in [1.82, 2.24) is 15.5 Å². The summed E-state index contributed by atoms with van der Waals surface area (Å²) in [4.78, 5) is 12.2. The molecule has 2 aromatic heterocycles. The predicted octanol–water partition coefficient (Wildman–Crippen LogP) is 2.45. The van der Waals surface area contributed by atoms with Gasteiger partial charge in [0.2, 0.25) is 0 Å². The summed E-state index contributed by atoms with van der Waals surface area (Å²) in [6, 6.07) is 10.5. The van der Waals surface area contributed by atoms with Crippen LogP contribution in [0.2, 0.25) is 0 Å². The zero-order valence-electron chi connectivity index (χ0n) is 12.9. The van der Waals surface area contributed by atoms with E-state index in [-0.39, 0.29) is 18.1 Å². The number of H-pyrrole nitrogens is 1. The molecule has 0 bridgehead atoms.